The number of carboxylic acid groups (broad SMARTS) is 3. The first-order valence-electron chi connectivity index (χ1n) is 13.7. The number of guanidine groups is 1. The van der Waals surface area contributed by atoms with Crippen LogP contribution in [-0.2, 0) is 38.4 Å². The number of rotatable bonds is 23. The Morgan fingerprint density at radius 2 is 1.13 bits per heavy atom. The molecule has 0 aromatic carbocycles. The van der Waals surface area contributed by atoms with E-state index in [2.05, 4.69) is 31.6 Å². The molecule has 0 bridgehead atoms. The van der Waals surface area contributed by atoms with Gasteiger partial charge in [0.15, 0.2) is 5.96 Å². The van der Waals surface area contributed by atoms with E-state index in [1.54, 1.807) is 0 Å². The van der Waals surface area contributed by atoms with Gasteiger partial charge < -0.3 is 64.8 Å². The van der Waals surface area contributed by atoms with Crippen LogP contribution >= 0.6 is 0 Å². The van der Waals surface area contributed by atoms with Gasteiger partial charge in [-0.1, -0.05) is 0 Å². The lowest BCUT2D eigenvalue weighted by molar-refractivity contribution is -0.143. The van der Waals surface area contributed by atoms with Crippen LogP contribution in [0.25, 0.3) is 0 Å². The molecule has 5 amide bonds. The summed E-state index contributed by atoms with van der Waals surface area (Å²) in [5, 5.41) is 38.6. The second kappa shape index (κ2) is 21.6. The maximum atomic E-state index is 12.8. The fourth-order valence-electron chi connectivity index (χ4n) is 3.62. The van der Waals surface area contributed by atoms with E-state index >= 15 is 0 Å². The molecule has 0 aliphatic heterocycles. The van der Waals surface area contributed by atoms with Crippen molar-refractivity contribution in [3.8, 4) is 0 Å². The molecule has 0 saturated heterocycles. The lowest BCUT2D eigenvalue weighted by Gasteiger charge is -2.23. The molecule has 4 atom stereocenters. The van der Waals surface area contributed by atoms with E-state index in [0.29, 0.717) is 19.4 Å². The quantitative estimate of drug-likeness (QED) is 0.0279. The van der Waals surface area contributed by atoms with Gasteiger partial charge in [0.1, 0.15) is 24.2 Å². The molecule has 0 radical (unpaired) electrons. The number of nitrogens with zero attached hydrogens (tertiary/aromatic N) is 1. The highest BCUT2D eigenvalue weighted by Gasteiger charge is 2.30. The fourth-order valence-corrected chi connectivity index (χ4v) is 3.62. The molecule has 0 spiro atoms. The lowest BCUT2D eigenvalue weighted by atomic mass is 10.1. The highest BCUT2D eigenvalue weighted by molar-refractivity contribution is 5.96. The summed E-state index contributed by atoms with van der Waals surface area (Å²) in [6.07, 6.45) is -0.849. The molecule has 16 N–H and O–H groups in total. The second-order valence-corrected chi connectivity index (χ2v) is 9.55. The highest BCUT2D eigenvalue weighted by Crippen LogP contribution is 2.04. The standard InChI is InChI=1S/C24H42N10O11/c25-6-2-1-4-12(31-16(35)10-26)21(42)34-14(8-18(37)38)20(41)30-11-17(36)32-15(9-19(39)40)22(43)33-13(23(44)45)5-3-7-29-24(27)28/h12-15H,1-11,25-26H2,(H,30,41)(H,31,35)(H,32,36)(H,33,43)(H,34,42)(H,37,38)(H,39,40)(H,44,45)(H4,27,28,29)/t12-,13-,14-,15-/m0/s1. The maximum absolute atomic E-state index is 12.8. The van der Waals surface area contributed by atoms with Crippen molar-refractivity contribution in [1.82, 2.24) is 26.6 Å². The van der Waals surface area contributed by atoms with Gasteiger partial charge >= 0.3 is 17.9 Å². The van der Waals surface area contributed by atoms with Crippen molar-refractivity contribution in [2.45, 2.75) is 69.1 Å². The van der Waals surface area contributed by atoms with Crippen molar-refractivity contribution in [1.29, 1.82) is 0 Å². The number of carboxylic acids is 3. The van der Waals surface area contributed by atoms with Crippen LogP contribution in [0, 0.1) is 0 Å². The van der Waals surface area contributed by atoms with Crippen LogP contribution in [0.3, 0.4) is 0 Å². The van der Waals surface area contributed by atoms with E-state index < -0.39 is 97.5 Å². The largest absolute Gasteiger partial charge is 0.481 e. The minimum Gasteiger partial charge on any atom is -0.481 e. The number of aliphatic imine (C=N–C) groups is 1. The van der Waals surface area contributed by atoms with Crippen molar-refractivity contribution in [2.75, 3.05) is 26.2 Å². The average Bonchev–Trinajstić information content (AvgIpc) is 2.95. The van der Waals surface area contributed by atoms with E-state index in [1.165, 1.54) is 0 Å². The van der Waals surface area contributed by atoms with Gasteiger partial charge in [0.25, 0.3) is 0 Å². The van der Waals surface area contributed by atoms with Crippen LogP contribution < -0.4 is 49.5 Å². The zero-order valence-corrected chi connectivity index (χ0v) is 24.5. The number of nitrogens with one attached hydrogen (secondary N) is 5. The number of aliphatic carboxylic acids is 3. The molecule has 0 rings (SSSR count). The third-order valence-corrected chi connectivity index (χ3v) is 5.81. The van der Waals surface area contributed by atoms with E-state index in [1.807, 2.05) is 0 Å². The summed E-state index contributed by atoms with van der Waals surface area (Å²) in [4.78, 5) is 100. The first kappa shape index (κ1) is 39.9. The molecule has 0 unspecified atom stereocenters. The number of nitrogens with two attached hydrogens (primary N) is 4. The van der Waals surface area contributed by atoms with Crippen LogP contribution in [0.2, 0.25) is 0 Å². The number of carbonyl (C=O) groups excluding carboxylic acids is 5. The Balaban J connectivity index is 5.44. The fraction of sp³-hybridized carbons (Fsp3) is 0.625. The molecule has 45 heavy (non-hydrogen) atoms. The number of hydrogen-bond acceptors (Lipinski definition) is 11. The van der Waals surface area contributed by atoms with Gasteiger partial charge in [-0.05, 0) is 38.6 Å². The lowest BCUT2D eigenvalue weighted by Crippen LogP contribution is -2.56. The van der Waals surface area contributed by atoms with Crippen molar-refractivity contribution in [3.05, 3.63) is 0 Å². The summed E-state index contributed by atoms with van der Waals surface area (Å²) in [5.74, 6) is -9.64. The molecule has 0 aliphatic carbocycles. The normalized spacial score (nSPS) is 13.1. The van der Waals surface area contributed by atoms with Gasteiger partial charge in [-0.2, -0.15) is 0 Å². The molecule has 0 saturated carbocycles. The molecule has 21 nitrogen and oxygen atoms in total. The second-order valence-electron chi connectivity index (χ2n) is 9.55. The summed E-state index contributed by atoms with van der Waals surface area (Å²) in [6, 6.07) is -6.12. The Hall–Kier alpha value is -5.05. The van der Waals surface area contributed by atoms with E-state index in [0.717, 1.165) is 0 Å². The first-order valence-corrected chi connectivity index (χ1v) is 13.7. The summed E-state index contributed by atoms with van der Waals surface area (Å²) in [7, 11) is 0. The third-order valence-electron chi connectivity index (χ3n) is 5.81. The number of hydrogen-bond donors (Lipinski definition) is 12. The van der Waals surface area contributed by atoms with Crippen LogP contribution in [0.1, 0.15) is 44.9 Å². The van der Waals surface area contributed by atoms with E-state index in [4.69, 9.17) is 28.0 Å². The Kier molecular flexibility index (Phi) is 19.2. The molecule has 0 aromatic heterocycles. The first-order chi connectivity index (χ1) is 21.1. The Morgan fingerprint density at radius 3 is 1.64 bits per heavy atom. The van der Waals surface area contributed by atoms with E-state index in [-0.39, 0.29) is 31.8 Å². The zero-order chi connectivity index (χ0) is 34.5. The summed E-state index contributed by atoms with van der Waals surface area (Å²) >= 11 is 0. The minimum atomic E-state index is -1.76. The molecule has 0 heterocycles. The highest BCUT2D eigenvalue weighted by atomic mass is 16.4. The summed E-state index contributed by atoms with van der Waals surface area (Å²) in [5.41, 5.74) is 21.1. The predicted molar refractivity (Wildman–Crippen MR) is 155 cm³/mol. The van der Waals surface area contributed by atoms with Gasteiger partial charge in [-0.15, -0.1) is 0 Å². The van der Waals surface area contributed by atoms with Crippen molar-refractivity contribution in [2.24, 2.45) is 27.9 Å². The molecule has 0 fully saturated rings. The number of carbonyl (C=O) groups is 8. The number of unbranched alkanes of at least 4 members (excludes halogenated alkanes) is 1. The predicted octanol–water partition coefficient (Wildman–Crippen LogP) is -5.78. The average molecular weight is 647 g/mol. The molecular formula is C24H42N10O11. The Morgan fingerprint density at radius 1 is 0.622 bits per heavy atom. The van der Waals surface area contributed by atoms with Gasteiger partial charge in [-0.3, -0.25) is 38.6 Å². The third kappa shape index (κ3) is 18.3. The minimum absolute atomic E-state index is 0.0532. The van der Waals surface area contributed by atoms with Gasteiger partial charge in [0.05, 0.1) is 25.9 Å². The monoisotopic (exact) mass is 646 g/mol. The van der Waals surface area contributed by atoms with Gasteiger partial charge in [0.2, 0.25) is 29.5 Å². The topological polar surface area (TPSA) is 374 Å². The van der Waals surface area contributed by atoms with Crippen LogP contribution in [0.5, 0.6) is 0 Å². The van der Waals surface area contributed by atoms with Crippen molar-refractivity contribution >= 4 is 53.4 Å². The molecule has 21 heteroatoms. The summed E-state index contributed by atoms with van der Waals surface area (Å²) in [6.45, 7) is -0.969. The Bertz CT molecular complexity index is 1100. The van der Waals surface area contributed by atoms with Crippen molar-refractivity contribution < 1.29 is 53.7 Å². The smallest absolute Gasteiger partial charge is 0.326 e. The molecule has 254 valence electrons. The van der Waals surface area contributed by atoms with E-state index in [9.17, 15) is 48.6 Å². The van der Waals surface area contributed by atoms with Crippen LogP contribution in [0.4, 0.5) is 0 Å². The maximum Gasteiger partial charge on any atom is 0.326 e. The zero-order valence-electron chi connectivity index (χ0n) is 24.5. The Labute approximate surface area is 257 Å². The van der Waals surface area contributed by atoms with Crippen molar-refractivity contribution in [3.63, 3.8) is 0 Å². The van der Waals surface area contributed by atoms with Gasteiger partial charge in [0, 0.05) is 6.54 Å². The molecule has 0 aromatic rings. The van der Waals surface area contributed by atoms with Gasteiger partial charge in [-0.25, -0.2) is 4.79 Å². The molecular weight excluding hydrogens is 604 g/mol. The number of amides is 5. The SMILES string of the molecule is NCCCC[C@H](NC(=O)CN)C(=O)N[C@@H](CC(=O)O)C(=O)NCC(=O)N[C@@H](CC(=O)O)C(=O)N[C@@H](CCCN=C(N)N)C(=O)O. The van der Waals surface area contributed by atoms with Crippen LogP contribution in [-0.4, -0.2) is 119 Å². The van der Waals surface area contributed by atoms with Crippen LogP contribution in [0.15, 0.2) is 4.99 Å². The summed E-state index contributed by atoms with van der Waals surface area (Å²) < 4.78 is 0. The molecule has 0 aliphatic rings.